The Labute approximate surface area is 185 Å². The number of amides is 1. The van der Waals surface area contributed by atoms with Gasteiger partial charge in [-0.05, 0) is 24.3 Å². The van der Waals surface area contributed by atoms with Crippen LogP contribution in [0.3, 0.4) is 0 Å². The van der Waals surface area contributed by atoms with Gasteiger partial charge >= 0.3 is 0 Å². The second-order valence-corrected chi connectivity index (χ2v) is 10.1. The zero-order valence-corrected chi connectivity index (χ0v) is 18.4. The van der Waals surface area contributed by atoms with Crippen LogP contribution in [0, 0.1) is 5.82 Å². The molecule has 2 N–H and O–H groups in total. The van der Waals surface area contributed by atoms with Gasteiger partial charge in [0.05, 0.1) is 18.1 Å². The number of sulfonamides is 1. The zero-order chi connectivity index (χ0) is 22.0. The van der Waals surface area contributed by atoms with Crippen molar-refractivity contribution in [2.45, 2.75) is 0 Å². The molecule has 158 valence electrons. The molecule has 0 spiro atoms. The molecular weight excluding hydrogens is 459 g/mol. The number of nitrogens with zero attached hydrogens (tertiary/aromatic N) is 2. The van der Waals surface area contributed by atoms with Crippen LogP contribution in [0.4, 0.5) is 15.2 Å². The molecule has 2 heterocycles. The normalized spacial score (nSPS) is 11.3. The van der Waals surface area contributed by atoms with Crippen molar-refractivity contribution in [2.75, 3.05) is 16.3 Å². The van der Waals surface area contributed by atoms with E-state index in [4.69, 9.17) is 0 Å². The van der Waals surface area contributed by atoms with E-state index in [2.05, 4.69) is 20.0 Å². The SMILES string of the molecule is CS(=O)(=O)Nc1ccc(-c2csc(NC(=O)c3cnc(-c4ccccc4F)s3)n2)cc1. The monoisotopic (exact) mass is 474 g/mol. The van der Waals surface area contributed by atoms with Crippen molar-refractivity contribution in [1.29, 1.82) is 0 Å². The minimum Gasteiger partial charge on any atom is -0.297 e. The molecule has 1 amide bonds. The number of anilines is 2. The molecular formula is C20H15FN4O3S3. The lowest BCUT2D eigenvalue weighted by molar-refractivity contribution is 0.103. The van der Waals surface area contributed by atoms with E-state index in [1.54, 1.807) is 47.8 Å². The van der Waals surface area contributed by atoms with Gasteiger partial charge in [0.25, 0.3) is 5.91 Å². The molecule has 4 aromatic rings. The summed E-state index contributed by atoms with van der Waals surface area (Å²) in [5.74, 6) is -0.778. The topological polar surface area (TPSA) is 101 Å². The Morgan fingerprint density at radius 1 is 1.10 bits per heavy atom. The van der Waals surface area contributed by atoms with Gasteiger partial charge in [0, 0.05) is 22.2 Å². The second kappa shape index (κ2) is 8.53. The van der Waals surface area contributed by atoms with Crippen LogP contribution in [0.5, 0.6) is 0 Å². The van der Waals surface area contributed by atoms with Crippen molar-refractivity contribution in [3.05, 3.63) is 70.8 Å². The van der Waals surface area contributed by atoms with Gasteiger partial charge in [-0.3, -0.25) is 14.8 Å². The minimum atomic E-state index is -3.34. The summed E-state index contributed by atoms with van der Waals surface area (Å²) in [4.78, 5) is 21.4. The number of nitrogens with one attached hydrogen (secondary N) is 2. The van der Waals surface area contributed by atoms with Crippen LogP contribution >= 0.6 is 22.7 Å². The summed E-state index contributed by atoms with van der Waals surface area (Å²) in [6.45, 7) is 0. The van der Waals surface area contributed by atoms with Crippen LogP contribution in [0.2, 0.25) is 0 Å². The van der Waals surface area contributed by atoms with Crippen LogP contribution in [0.15, 0.2) is 60.1 Å². The standard InChI is InChI=1S/C20H15FN4O3S3/c1-31(27,28)25-13-8-6-12(7-9-13)16-11-29-20(23-16)24-18(26)17-10-22-19(30-17)14-4-2-3-5-15(14)21/h2-11,25H,1H3,(H,23,24,26). The number of thiazole rings is 2. The molecule has 0 bridgehead atoms. The molecule has 0 radical (unpaired) electrons. The quantitative estimate of drug-likeness (QED) is 0.422. The van der Waals surface area contributed by atoms with Gasteiger partial charge in [0.1, 0.15) is 15.7 Å². The first-order valence-electron chi connectivity index (χ1n) is 8.84. The number of carbonyl (C=O) groups is 1. The van der Waals surface area contributed by atoms with Gasteiger partial charge in [-0.25, -0.2) is 22.8 Å². The second-order valence-electron chi connectivity index (χ2n) is 6.45. The lowest BCUT2D eigenvalue weighted by Gasteiger charge is -2.04. The fraction of sp³-hybridized carbons (Fsp3) is 0.0500. The molecule has 4 rings (SSSR count). The van der Waals surface area contributed by atoms with Crippen molar-refractivity contribution >= 4 is 49.4 Å². The maximum Gasteiger partial charge on any atom is 0.269 e. The third-order valence-electron chi connectivity index (χ3n) is 4.04. The fourth-order valence-corrected chi connectivity index (χ4v) is 4.80. The molecule has 0 atom stereocenters. The van der Waals surface area contributed by atoms with E-state index < -0.39 is 15.8 Å². The highest BCUT2D eigenvalue weighted by Crippen LogP contribution is 2.29. The number of halogens is 1. The summed E-state index contributed by atoms with van der Waals surface area (Å²) < 4.78 is 38.9. The molecule has 2 aromatic heterocycles. The van der Waals surface area contributed by atoms with Crippen LogP contribution < -0.4 is 10.0 Å². The molecule has 0 fully saturated rings. The summed E-state index contributed by atoms with van der Waals surface area (Å²) in [6.07, 6.45) is 2.49. The van der Waals surface area contributed by atoms with Crippen molar-refractivity contribution in [1.82, 2.24) is 9.97 Å². The van der Waals surface area contributed by atoms with Gasteiger partial charge < -0.3 is 0 Å². The number of hydrogen-bond acceptors (Lipinski definition) is 7. The Kier molecular flexibility index (Phi) is 5.81. The third-order valence-corrected chi connectivity index (χ3v) is 6.44. The van der Waals surface area contributed by atoms with Gasteiger partial charge in [-0.1, -0.05) is 24.3 Å². The van der Waals surface area contributed by atoms with E-state index >= 15 is 0 Å². The van der Waals surface area contributed by atoms with E-state index in [0.717, 1.165) is 23.2 Å². The maximum absolute atomic E-state index is 13.9. The first kappa shape index (κ1) is 21.1. The predicted molar refractivity (Wildman–Crippen MR) is 121 cm³/mol. The van der Waals surface area contributed by atoms with E-state index in [0.29, 0.717) is 32.0 Å². The first-order chi connectivity index (χ1) is 14.8. The maximum atomic E-state index is 13.9. The number of benzene rings is 2. The Balaban J connectivity index is 1.46. The van der Waals surface area contributed by atoms with Crippen molar-refractivity contribution in [3.8, 4) is 21.8 Å². The average molecular weight is 475 g/mol. The van der Waals surface area contributed by atoms with Crippen LogP contribution in [-0.4, -0.2) is 30.5 Å². The lowest BCUT2D eigenvalue weighted by Crippen LogP contribution is -2.09. The molecule has 0 aliphatic carbocycles. The van der Waals surface area contributed by atoms with Gasteiger partial charge in [-0.15, -0.1) is 22.7 Å². The highest BCUT2D eigenvalue weighted by Gasteiger charge is 2.16. The first-order valence-corrected chi connectivity index (χ1v) is 12.4. The fourth-order valence-electron chi connectivity index (χ4n) is 2.68. The largest absolute Gasteiger partial charge is 0.297 e. The predicted octanol–water partition coefficient (Wildman–Crippen LogP) is 4.70. The molecule has 2 aromatic carbocycles. The molecule has 31 heavy (non-hydrogen) atoms. The molecule has 0 aliphatic heterocycles. The highest BCUT2D eigenvalue weighted by molar-refractivity contribution is 7.92. The molecule has 11 heteroatoms. The Bertz CT molecular complexity index is 1350. The minimum absolute atomic E-state index is 0.339. The lowest BCUT2D eigenvalue weighted by atomic mass is 10.1. The number of aromatic nitrogens is 2. The van der Waals surface area contributed by atoms with E-state index in [-0.39, 0.29) is 5.91 Å². The van der Waals surface area contributed by atoms with E-state index in [1.807, 2.05) is 0 Å². The Hall–Kier alpha value is -3.15. The van der Waals surface area contributed by atoms with E-state index in [9.17, 15) is 17.6 Å². The molecule has 0 saturated carbocycles. The smallest absolute Gasteiger partial charge is 0.269 e. The summed E-state index contributed by atoms with van der Waals surface area (Å²) in [5, 5.41) is 5.33. The summed E-state index contributed by atoms with van der Waals surface area (Å²) in [6, 6.07) is 13.0. The van der Waals surface area contributed by atoms with Crippen molar-refractivity contribution in [3.63, 3.8) is 0 Å². The van der Waals surface area contributed by atoms with E-state index in [1.165, 1.54) is 23.6 Å². The Morgan fingerprint density at radius 2 is 1.84 bits per heavy atom. The molecule has 7 nitrogen and oxygen atoms in total. The van der Waals surface area contributed by atoms with Gasteiger partial charge in [-0.2, -0.15) is 0 Å². The van der Waals surface area contributed by atoms with Crippen LogP contribution in [0.1, 0.15) is 9.67 Å². The number of hydrogen-bond donors (Lipinski definition) is 2. The molecule has 0 aliphatic rings. The summed E-state index contributed by atoms with van der Waals surface area (Å²) in [5.41, 5.74) is 2.21. The third kappa shape index (κ3) is 5.13. The molecule has 0 unspecified atom stereocenters. The summed E-state index contributed by atoms with van der Waals surface area (Å²) >= 11 is 2.35. The Morgan fingerprint density at radius 3 is 2.55 bits per heavy atom. The zero-order valence-electron chi connectivity index (χ0n) is 16.0. The molecule has 0 saturated heterocycles. The number of carbonyl (C=O) groups excluding carboxylic acids is 1. The number of rotatable bonds is 6. The highest BCUT2D eigenvalue weighted by atomic mass is 32.2. The van der Waals surface area contributed by atoms with Crippen LogP contribution in [-0.2, 0) is 10.0 Å². The average Bonchev–Trinajstić information content (AvgIpc) is 3.38. The summed E-state index contributed by atoms with van der Waals surface area (Å²) in [7, 11) is -3.34. The van der Waals surface area contributed by atoms with Crippen LogP contribution in [0.25, 0.3) is 21.8 Å². The van der Waals surface area contributed by atoms with Crippen molar-refractivity contribution < 1.29 is 17.6 Å². The van der Waals surface area contributed by atoms with Gasteiger partial charge in [0.2, 0.25) is 10.0 Å². The van der Waals surface area contributed by atoms with Crippen molar-refractivity contribution in [2.24, 2.45) is 0 Å². The van der Waals surface area contributed by atoms with Gasteiger partial charge in [0.15, 0.2) is 5.13 Å².